The van der Waals surface area contributed by atoms with Gasteiger partial charge in [0, 0.05) is 46.7 Å². The lowest BCUT2D eigenvalue weighted by Crippen LogP contribution is -2.41. The molecule has 1 saturated heterocycles. The molecule has 0 aliphatic carbocycles. The van der Waals surface area contributed by atoms with Gasteiger partial charge in [0.1, 0.15) is 12.0 Å². The lowest BCUT2D eigenvalue weighted by molar-refractivity contribution is -0.130. The molecule has 0 saturated carbocycles. The van der Waals surface area contributed by atoms with Gasteiger partial charge in [0.05, 0.1) is 25.1 Å². The number of hydrogen-bond donors (Lipinski definition) is 0. The van der Waals surface area contributed by atoms with Crippen molar-refractivity contribution < 1.29 is 13.6 Å². The average Bonchev–Trinajstić information content (AvgIpc) is 3.29. The van der Waals surface area contributed by atoms with Crippen LogP contribution in [-0.2, 0) is 11.2 Å². The Balaban J connectivity index is 1.63. The summed E-state index contributed by atoms with van der Waals surface area (Å²) in [5.41, 5.74) is 1.00. The Hall–Kier alpha value is -2.64. The molecular formula is C19H26FN5O2. The molecule has 0 unspecified atom stereocenters. The van der Waals surface area contributed by atoms with Crippen molar-refractivity contribution in [1.29, 1.82) is 0 Å². The maximum atomic E-state index is 14.1. The standard InChI is InChI=1S/C19H26FN5O2/c1-23(2)19-21-8-6-17(22-19)25-11-15(20)10-16(25)12-24(3)18(26)5-4-14-7-9-27-13-14/h6-9,13,15-16H,4-5,10-12H2,1-3H3/t15-,16-/m0/s1. The normalized spacial score (nSPS) is 19.3. The summed E-state index contributed by atoms with van der Waals surface area (Å²) in [6.07, 6.45) is 5.43. The molecule has 1 aliphatic rings. The van der Waals surface area contributed by atoms with Crippen molar-refractivity contribution in [3.8, 4) is 0 Å². The molecule has 2 aromatic rings. The van der Waals surface area contributed by atoms with Gasteiger partial charge in [-0.1, -0.05) is 0 Å². The van der Waals surface area contributed by atoms with E-state index in [1.54, 1.807) is 36.7 Å². The first-order valence-electron chi connectivity index (χ1n) is 9.10. The summed E-state index contributed by atoms with van der Waals surface area (Å²) in [6.45, 7) is 0.748. The topological polar surface area (TPSA) is 65.7 Å². The van der Waals surface area contributed by atoms with Crippen LogP contribution in [0.3, 0.4) is 0 Å². The second kappa shape index (κ2) is 8.37. The number of rotatable bonds is 7. The number of aromatic nitrogens is 2. The van der Waals surface area contributed by atoms with Crippen LogP contribution in [0.4, 0.5) is 16.2 Å². The molecule has 7 nitrogen and oxygen atoms in total. The largest absolute Gasteiger partial charge is 0.472 e. The molecule has 0 bridgehead atoms. The summed E-state index contributed by atoms with van der Waals surface area (Å²) in [7, 11) is 5.50. The first-order chi connectivity index (χ1) is 12.9. The Morgan fingerprint density at radius 2 is 2.19 bits per heavy atom. The third-order valence-corrected chi connectivity index (χ3v) is 4.80. The Morgan fingerprint density at radius 3 is 2.89 bits per heavy atom. The summed E-state index contributed by atoms with van der Waals surface area (Å²) in [4.78, 5) is 26.6. The zero-order valence-electron chi connectivity index (χ0n) is 16.0. The fraction of sp³-hybridized carbons (Fsp3) is 0.526. The number of carbonyl (C=O) groups is 1. The minimum atomic E-state index is -0.929. The maximum absolute atomic E-state index is 14.1. The van der Waals surface area contributed by atoms with E-state index in [-0.39, 0.29) is 18.5 Å². The molecule has 146 valence electrons. The minimum Gasteiger partial charge on any atom is -0.472 e. The Kier molecular flexibility index (Phi) is 5.93. The first kappa shape index (κ1) is 19.1. The van der Waals surface area contributed by atoms with Crippen LogP contribution in [0.25, 0.3) is 0 Å². The summed E-state index contributed by atoms with van der Waals surface area (Å²) >= 11 is 0. The van der Waals surface area contributed by atoms with E-state index >= 15 is 0 Å². The molecule has 8 heteroatoms. The van der Waals surface area contributed by atoms with E-state index in [1.807, 2.05) is 30.0 Å². The van der Waals surface area contributed by atoms with E-state index < -0.39 is 6.17 Å². The van der Waals surface area contributed by atoms with Crippen LogP contribution in [-0.4, -0.2) is 67.2 Å². The molecular weight excluding hydrogens is 349 g/mol. The van der Waals surface area contributed by atoms with Gasteiger partial charge in [-0.05, 0) is 24.1 Å². The summed E-state index contributed by atoms with van der Waals surface area (Å²) in [5, 5.41) is 0. The highest BCUT2D eigenvalue weighted by atomic mass is 19.1. The van der Waals surface area contributed by atoms with E-state index in [0.29, 0.717) is 37.6 Å². The van der Waals surface area contributed by atoms with E-state index in [4.69, 9.17) is 4.42 Å². The summed E-state index contributed by atoms with van der Waals surface area (Å²) in [6, 6.07) is 3.54. The van der Waals surface area contributed by atoms with E-state index in [2.05, 4.69) is 9.97 Å². The zero-order chi connectivity index (χ0) is 19.4. The summed E-state index contributed by atoms with van der Waals surface area (Å²) in [5.74, 6) is 1.31. The minimum absolute atomic E-state index is 0.0372. The Bertz CT molecular complexity index is 752. The van der Waals surface area contributed by atoms with Crippen LogP contribution in [0.15, 0.2) is 35.3 Å². The van der Waals surface area contributed by atoms with Crippen molar-refractivity contribution in [2.75, 3.05) is 44.0 Å². The van der Waals surface area contributed by atoms with Crippen molar-refractivity contribution >= 4 is 17.7 Å². The molecule has 1 fully saturated rings. The Labute approximate surface area is 158 Å². The molecule has 0 spiro atoms. The predicted octanol–water partition coefficient (Wildman–Crippen LogP) is 2.14. The zero-order valence-corrected chi connectivity index (χ0v) is 16.0. The maximum Gasteiger partial charge on any atom is 0.226 e. The highest BCUT2D eigenvalue weighted by Gasteiger charge is 2.34. The second-order valence-corrected chi connectivity index (χ2v) is 7.15. The van der Waals surface area contributed by atoms with E-state index in [0.717, 1.165) is 5.56 Å². The molecule has 1 aliphatic heterocycles. The van der Waals surface area contributed by atoms with Gasteiger partial charge in [-0.15, -0.1) is 0 Å². The van der Waals surface area contributed by atoms with Crippen LogP contribution < -0.4 is 9.80 Å². The van der Waals surface area contributed by atoms with Crippen molar-refractivity contribution in [3.05, 3.63) is 36.4 Å². The number of furan rings is 1. The third kappa shape index (κ3) is 4.75. The molecule has 2 aromatic heterocycles. The van der Waals surface area contributed by atoms with Crippen LogP contribution in [0.1, 0.15) is 18.4 Å². The first-order valence-corrected chi connectivity index (χ1v) is 9.10. The predicted molar refractivity (Wildman–Crippen MR) is 102 cm³/mol. The SMILES string of the molecule is CN(C[C@@H]1C[C@H](F)CN1c1ccnc(N(C)C)n1)C(=O)CCc1ccoc1. The molecule has 1 amide bonds. The van der Waals surface area contributed by atoms with Crippen molar-refractivity contribution in [2.24, 2.45) is 0 Å². The van der Waals surface area contributed by atoms with Gasteiger partial charge in [0.2, 0.25) is 11.9 Å². The summed E-state index contributed by atoms with van der Waals surface area (Å²) < 4.78 is 19.2. The van der Waals surface area contributed by atoms with E-state index in [9.17, 15) is 9.18 Å². The van der Waals surface area contributed by atoms with E-state index in [1.165, 1.54) is 0 Å². The van der Waals surface area contributed by atoms with Crippen molar-refractivity contribution in [3.63, 3.8) is 0 Å². The van der Waals surface area contributed by atoms with Crippen molar-refractivity contribution in [1.82, 2.24) is 14.9 Å². The fourth-order valence-electron chi connectivity index (χ4n) is 3.32. The number of alkyl halides is 1. The third-order valence-electron chi connectivity index (χ3n) is 4.80. The molecule has 3 rings (SSSR count). The van der Waals surface area contributed by atoms with Gasteiger partial charge < -0.3 is 19.1 Å². The highest BCUT2D eigenvalue weighted by Crippen LogP contribution is 2.27. The van der Waals surface area contributed by atoms with Gasteiger partial charge >= 0.3 is 0 Å². The monoisotopic (exact) mass is 375 g/mol. The molecule has 3 heterocycles. The van der Waals surface area contributed by atoms with Crippen LogP contribution in [0.2, 0.25) is 0 Å². The molecule has 2 atom stereocenters. The second-order valence-electron chi connectivity index (χ2n) is 7.15. The molecule has 27 heavy (non-hydrogen) atoms. The molecule has 0 aromatic carbocycles. The average molecular weight is 375 g/mol. The molecule has 0 N–H and O–H groups in total. The van der Waals surface area contributed by atoms with Crippen LogP contribution >= 0.6 is 0 Å². The molecule has 0 radical (unpaired) electrons. The number of amides is 1. The van der Waals surface area contributed by atoms with Gasteiger partial charge in [0.25, 0.3) is 0 Å². The fourth-order valence-corrected chi connectivity index (χ4v) is 3.32. The highest BCUT2D eigenvalue weighted by molar-refractivity contribution is 5.76. The van der Waals surface area contributed by atoms with Gasteiger partial charge in [-0.2, -0.15) is 4.98 Å². The van der Waals surface area contributed by atoms with Crippen LogP contribution in [0, 0.1) is 0 Å². The number of hydrogen-bond acceptors (Lipinski definition) is 6. The van der Waals surface area contributed by atoms with Gasteiger partial charge in [-0.25, -0.2) is 9.37 Å². The smallest absolute Gasteiger partial charge is 0.226 e. The van der Waals surface area contributed by atoms with Crippen molar-refractivity contribution in [2.45, 2.75) is 31.5 Å². The number of aryl methyl sites for hydroxylation is 1. The number of nitrogens with zero attached hydrogens (tertiary/aromatic N) is 5. The quantitative estimate of drug-likeness (QED) is 0.739. The number of anilines is 2. The van der Waals surface area contributed by atoms with Crippen LogP contribution in [0.5, 0.6) is 0 Å². The lowest BCUT2D eigenvalue weighted by atomic mass is 10.1. The van der Waals surface area contributed by atoms with Gasteiger partial charge in [-0.3, -0.25) is 4.79 Å². The van der Waals surface area contributed by atoms with Gasteiger partial charge in [0.15, 0.2) is 0 Å². The lowest BCUT2D eigenvalue weighted by Gasteiger charge is -2.29. The number of likely N-dealkylation sites (N-methyl/N-ethyl adjacent to an activating group) is 1. The number of halogens is 1. The number of carbonyl (C=O) groups excluding carboxylic acids is 1. The Morgan fingerprint density at radius 1 is 1.37 bits per heavy atom.